The number of hydrogen-bond donors (Lipinski definition) is 0. The molecule has 1 aliphatic rings. The fourth-order valence-corrected chi connectivity index (χ4v) is 2.85. The average Bonchev–Trinajstić information content (AvgIpc) is 2.77. The first-order valence-electron chi connectivity index (χ1n) is 8.62. The molecule has 0 amide bonds. The van der Waals surface area contributed by atoms with E-state index < -0.39 is 35.6 Å². The van der Waals surface area contributed by atoms with Gasteiger partial charge in [-0.2, -0.15) is 13.2 Å². The monoisotopic (exact) mass is 379 g/mol. The summed E-state index contributed by atoms with van der Waals surface area (Å²) in [5.74, 6) is 0. The molecule has 0 atom stereocenters. The minimum atomic E-state index is -4.59. The standard InChI is InChI=1S/C19H21BF3NO3/c1-17(2)18(3,4)27-20(26-17)15-10-14(19(21,22)23)12-24(16(15)25)11-13-8-6-5-7-9-13/h5-10,12H,11H2,1-4H3. The molecular formula is C19H21BF3NO3. The summed E-state index contributed by atoms with van der Waals surface area (Å²) in [6.45, 7) is 7.15. The van der Waals surface area contributed by atoms with Gasteiger partial charge in [0.15, 0.2) is 0 Å². The lowest BCUT2D eigenvalue weighted by molar-refractivity contribution is -0.138. The molecule has 0 spiro atoms. The Morgan fingerprint density at radius 3 is 2.11 bits per heavy atom. The van der Waals surface area contributed by atoms with E-state index in [0.717, 1.165) is 22.4 Å². The number of nitrogens with zero attached hydrogens (tertiary/aromatic N) is 1. The number of halogens is 3. The predicted molar refractivity (Wildman–Crippen MR) is 97.0 cm³/mol. The molecule has 3 rings (SSSR count). The molecule has 0 saturated carbocycles. The van der Waals surface area contributed by atoms with Crippen LogP contribution in [-0.4, -0.2) is 22.9 Å². The zero-order valence-electron chi connectivity index (χ0n) is 15.6. The molecule has 0 bridgehead atoms. The van der Waals surface area contributed by atoms with Gasteiger partial charge in [-0.1, -0.05) is 30.3 Å². The van der Waals surface area contributed by atoms with E-state index in [1.165, 1.54) is 0 Å². The normalized spacial score (nSPS) is 18.7. The van der Waals surface area contributed by atoms with Crippen molar-refractivity contribution in [1.29, 1.82) is 0 Å². The molecule has 1 aromatic heterocycles. The van der Waals surface area contributed by atoms with E-state index in [2.05, 4.69) is 0 Å². The topological polar surface area (TPSA) is 40.5 Å². The smallest absolute Gasteiger partial charge is 0.399 e. The lowest BCUT2D eigenvalue weighted by atomic mass is 9.79. The van der Waals surface area contributed by atoms with Gasteiger partial charge in [0.1, 0.15) is 0 Å². The average molecular weight is 379 g/mol. The lowest BCUT2D eigenvalue weighted by Crippen LogP contribution is -2.48. The second-order valence-electron chi connectivity index (χ2n) is 7.69. The molecule has 2 aromatic rings. The van der Waals surface area contributed by atoms with Crippen LogP contribution >= 0.6 is 0 Å². The maximum atomic E-state index is 13.4. The van der Waals surface area contributed by atoms with E-state index in [0.29, 0.717) is 0 Å². The van der Waals surface area contributed by atoms with Crippen molar-refractivity contribution in [1.82, 2.24) is 4.57 Å². The van der Waals surface area contributed by atoms with Gasteiger partial charge in [0, 0.05) is 11.7 Å². The summed E-state index contributed by atoms with van der Waals surface area (Å²) >= 11 is 0. The Morgan fingerprint density at radius 1 is 1.04 bits per heavy atom. The fourth-order valence-electron chi connectivity index (χ4n) is 2.85. The fraction of sp³-hybridized carbons (Fsp3) is 0.421. The van der Waals surface area contributed by atoms with E-state index in [4.69, 9.17) is 9.31 Å². The summed E-state index contributed by atoms with van der Waals surface area (Å²) in [7, 11) is -1.16. The Hall–Kier alpha value is -2.06. The highest BCUT2D eigenvalue weighted by Crippen LogP contribution is 2.36. The molecule has 0 aliphatic carbocycles. The zero-order chi connectivity index (χ0) is 20.0. The van der Waals surface area contributed by atoms with Gasteiger partial charge in [-0.15, -0.1) is 0 Å². The Balaban J connectivity index is 2.09. The first-order valence-corrected chi connectivity index (χ1v) is 8.62. The van der Waals surface area contributed by atoms with Gasteiger partial charge < -0.3 is 13.9 Å². The molecule has 1 saturated heterocycles. The van der Waals surface area contributed by atoms with Crippen molar-refractivity contribution in [2.24, 2.45) is 0 Å². The highest BCUT2D eigenvalue weighted by atomic mass is 19.4. The van der Waals surface area contributed by atoms with Crippen molar-refractivity contribution in [2.45, 2.75) is 51.6 Å². The molecule has 0 radical (unpaired) electrons. The second-order valence-corrected chi connectivity index (χ2v) is 7.69. The van der Waals surface area contributed by atoms with Crippen molar-refractivity contribution in [3.63, 3.8) is 0 Å². The number of alkyl halides is 3. The summed E-state index contributed by atoms with van der Waals surface area (Å²) in [4.78, 5) is 12.9. The summed E-state index contributed by atoms with van der Waals surface area (Å²) < 4.78 is 52.9. The SMILES string of the molecule is CC1(C)OB(c2cc(C(F)(F)F)cn(Cc3ccccc3)c2=O)OC1(C)C. The maximum Gasteiger partial charge on any atom is 0.500 e. The predicted octanol–water partition coefficient (Wildman–Crippen LogP) is 3.21. The van der Waals surface area contributed by atoms with Gasteiger partial charge in [-0.25, -0.2) is 0 Å². The van der Waals surface area contributed by atoms with Gasteiger partial charge >= 0.3 is 13.3 Å². The largest absolute Gasteiger partial charge is 0.500 e. The Kier molecular flexibility index (Phi) is 4.76. The number of pyridine rings is 1. The van der Waals surface area contributed by atoms with E-state index in [1.807, 2.05) is 0 Å². The summed E-state index contributed by atoms with van der Waals surface area (Å²) in [5, 5.41) is 0. The first kappa shape index (κ1) is 19.7. The third-order valence-corrected chi connectivity index (χ3v) is 5.14. The molecule has 1 aliphatic heterocycles. The lowest BCUT2D eigenvalue weighted by Gasteiger charge is -2.32. The van der Waals surface area contributed by atoms with Crippen LogP contribution in [-0.2, 0) is 22.0 Å². The molecule has 144 valence electrons. The van der Waals surface area contributed by atoms with Gasteiger partial charge in [0.25, 0.3) is 5.56 Å². The minimum absolute atomic E-state index is 0.0239. The second kappa shape index (κ2) is 6.53. The number of aromatic nitrogens is 1. The van der Waals surface area contributed by atoms with E-state index >= 15 is 0 Å². The molecular weight excluding hydrogens is 358 g/mol. The summed E-state index contributed by atoms with van der Waals surface area (Å²) in [5.41, 5.74) is -2.43. The summed E-state index contributed by atoms with van der Waals surface area (Å²) in [6.07, 6.45) is -3.76. The van der Waals surface area contributed by atoms with Crippen LogP contribution in [0.4, 0.5) is 13.2 Å². The van der Waals surface area contributed by atoms with Crippen LogP contribution in [0.1, 0.15) is 38.8 Å². The van der Waals surface area contributed by atoms with Crippen LogP contribution in [0.2, 0.25) is 0 Å². The first-order chi connectivity index (χ1) is 12.4. The molecule has 1 fully saturated rings. The van der Waals surface area contributed by atoms with Gasteiger partial charge in [0.2, 0.25) is 0 Å². The minimum Gasteiger partial charge on any atom is -0.399 e. The zero-order valence-corrected chi connectivity index (χ0v) is 15.6. The van der Waals surface area contributed by atoms with Crippen LogP contribution in [0.15, 0.2) is 47.4 Å². The van der Waals surface area contributed by atoms with E-state index in [-0.39, 0.29) is 12.0 Å². The van der Waals surface area contributed by atoms with Crippen molar-refractivity contribution in [3.8, 4) is 0 Å². The van der Waals surface area contributed by atoms with Crippen molar-refractivity contribution >= 4 is 12.6 Å². The number of benzene rings is 1. The highest BCUT2D eigenvalue weighted by molar-refractivity contribution is 6.62. The third kappa shape index (κ3) is 3.82. The molecule has 2 heterocycles. The molecule has 4 nitrogen and oxygen atoms in total. The van der Waals surface area contributed by atoms with E-state index in [9.17, 15) is 18.0 Å². The quantitative estimate of drug-likeness (QED) is 0.770. The van der Waals surface area contributed by atoms with Crippen LogP contribution in [0, 0.1) is 0 Å². The third-order valence-electron chi connectivity index (χ3n) is 5.14. The van der Waals surface area contributed by atoms with Crippen molar-refractivity contribution in [2.75, 3.05) is 0 Å². The Morgan fingerprint density at radius 2 is 1.59 bits per heavy atom. The van der Waals surface area contributed by atoms with E-state index in [1.54, 1.807) is 58.0 Å². The molecule has 1 aromatic carbocycles. The Bertz CT molecular complexity index is 875. The Labute approximate surface area is 156 Å². The molecule has 27 heavy (non-hydrogen) atoms. The van der Waals surface area contributed by atoms with Crippen molar-refractivity contribution < 1.29 is 22.5 Å². The molecule has 0 N–H and O–H groups in total. The van der Waals surface area contributed by atoms with Crippen LogP contribution < -0.4 is 11.0 Å². The van der Waals surface area contributed by atoms with Gasteiger partial charge in [-0.3, -0.25) is 4.79 Å². The number of hydrogen-bond acceptors (Lipinski definition) is 3. The van der Waals surface area contributed by atoms with Crippen LogP contribution in [0.25, 0.3) is 0 Å². The van der Waals surface area contributed by atoms with Gasteiger partial charge in [-0.05, 0) is 39.3 Å². The molecule has 8 heteroatoms. The van der Waals surface area contributed by atoms with Crippen LogP contribution in [0.5, 0.6) is 0 Å². The maximum absolute atomic E-state index is 13.4. The molecule has 0 unspecified atom stereocenters. The van der Waals surface area contributed by atoms with Crippen LogP contribution in [0.3, 0.4) is 0 Å². The van der Waals surface area contributed by atoms with Gasteiger partial charge in [0.05, 0.1) is 23.3 Å². The summed E-state index contributed by atoms with van der Waals surface area (Å²) in [6, 6.07) is 9.66. The highest BCUT2D eigenvalue weighted by Gasteiger charge is 2.53. The van der Waals surface area contributed by atoms with Crippen molar-refractivity contribution in [3.05, 3.63) is 64.1 Å². The number of rotatable bonds is 3.